The third-order valence-corrected chi connectivity index (χ3v) is 5.23. The van der Waals surface area contributed by atoms with Gasteiger partial charge in [0.25, 0.3) is 0 Å². The molecule has 5 nitrogen and oxygen atoms in total. The molecule has 146 valence electrons. The Bertz CT molecular complexity index is 689. The molecule has 0 bridgehead atoms. The lowest BCUT2D eigenvalue weighted by molar-refractivity contribution is -0.145. The van der Waals surface area contributed by atoms with E-state index in [-0.39, 0.29) is 5.91 Å². The maximum absolute atomic E-state index is 12.9. The molecular weight excluding hydrogens is 360 g/mol. The van der Waals surface area contributed by atoms with Crippen LogP contribution < -0.4 is 10.6 Å². The van der Waals surface area contributed by atoms with Gasteiger partial charge in [0, 0.05) is 11.4 Å². The zero-order valence-electron chi connectivity index (χ0n) is 15.9. The lowest BCUT2D eigenvalue weighted by Crippen LogP contribution is -2.51. The highest BCUT2D eigenvalue weighted by atomic mass is 32.1. The van der Waals surface area contributed by atoms with E-state index >= 15 is 0 Å². The van der Waals surface area contributed by atoms with Crippen molar-refractivity contribution in [3.05, 3.63) is 58.3 Å². The Labute approximate surface area is 165 Å². The topological polar surface area (TPSA) is 67.4 Å². The van der Waals surface area contributed by atoms with Crippen LogP contribution in [0.2, 0.25) is 0 Å². The van der Waals surface area contributed by atoms with Crippen LogP contribution in [0.25, 0.3) is 0 Å². The number of thiophene rings is 1. The van der Waals surface area contributed by atoms with Crippen LogP contribution in [0.15, 0.2) is 47.8 Å². The van der Waals surface area contributed by atoms with Gasteiger partial charge >= 0.3 is 5.97 Å². The number of benzene rings is 1. The van der Waals surface area contributed by atoms with Crippen LogP contribution in [-0.2, 0) is 27.3 Å². The van der Waals surface area contributed by atoms with E-state index in [0.29, 0.717) is 19.4 Å². The molecule has 1 aromatic carbocycles. The Morgan fingerprint density at radius 3 is 2.52 bits per heavy atom. The maximum Gasteiger partial charge on any atom is 0.328 e. The van der Waals surface area contributed by atoms with Crippen molar-refractivity contribution in [2.45, 2.75) is 51.2 Å². The Hall–Kier alpha value is -2.18. The quantitative estimate of drug-likeness (QED) is 0.580. The van der Waals surface area contributed by atoms with Gasteiger partial charge in [0.15, 0.2) is 0 Å². The molecule has 2 atom stereocenters. The van der Waals surface area contributed by atoms with Crippen molar-refractivity contribution in [2.75, 3.05) is 7.11 Å². The van der Waals surface area contributed by atoms with Crippen LogP contribution in [0.3, 0.4) is 0 Å². The van der Waals surface area contributed by atoms with Crippen LogP contribution in [0.5, 0.6) is 0 Å². The number of ether oxygens (including phenoxy) is 1. The summed E-state index contributed by atoms with van der Waals surface area (Å²) in [6.45, 7) is 2.66. The number of hydrogen-bond donors (Lipinski definition) is 2. The van der Waals surface area contributed by atoms with Crippen molar-refractivity contribution in [3.63, 3.8) is 0 Å². The molecule has 1 unspecified atom stereocenters. The fourth-order valence-corrected chi connectivity index (χ4v) is 3.47. The van der Waals surface area contributed by atoms with Gasteiger partial charge in [0.05, 0.1) is 13.2 Å². The first kappa shape index (κ1) is 21.1. The number of esters is 1. The van der Waals surface area contributed by atoms with Crippen molar-refractivity contribution in [2.24, 2.45) is 0 Å². The van der Waals surface area contributed by atoms with Crippen LogP contribution >= 0.6 is 11.3 Å². The summed E-state index contributed by atoms with van der Waals surface area (Å²) in [5.74, 6) is -0.574. The number of carbonyl (C=O) groups is 2. The molecule has 0 aliphatic carbocycles. The molecule has 0 saturated carbocycles. The molecule has 0 aliphatic rings. The summed E-state index contributed by atoms with van der Waals surface area (Å²) in [5, 5.41) is 8.23. The Morgan fingerprint density at radius 1 is 1.11 bits per heavy atom. The average molecular weight is 389 g/mol. The standard InChI is InChI=1S/C21H28N2O3S/c1-3-4-12-18(21(25)26-2)23-20(24)19(14-16-9-6-5-7-10-16)22-15-17-11-8-13-27-17/h5-11,13,18-19,22H,3-4,12,14-15H2,1-2H3,(H,23,24)/t18-,19?/m0/s1. The smallest absolute Gasteiger partial charge is 0.328 e. The highest BCUT2D eigenvalue weighted by molar-refractivity contribution is 7.09. The fourth-order valence-electron chi connectivity index (χ4n) is 2.82. The van der Waals surface area contributed by atoms with Crippen molar-refractivity contribution in [3.8, 4) is 0 Å². The maximum atomic E-state index is 12.9. The minimum atomic E-state index is -0.607. The molecule has 0 radical (unpaired) electrons. The molecule has 0 saturated heterocycles. The molecule has 1 amide bonds. The molecule has 0 spiro atoms. The van der Waals surface area contributed by atoms with Gasteiger partial charge in [-0.1, -0.05) is 56.2 Å². The Balaban J connectivity index is 2.06. The highest BCUT2D eigenvalue weighted by Crippen LogP contribution is 2.10. The molecule has 1 aromatic heterocycles. The predicted octanol–water partition coefficient (Wildman–Crippen LogP) is 3.30. The van der Waals surface area contributed by atoms with E-state index in [2.05, 4.69) is 17.6 Å². The monoisotopic (exact) mass is 388 g/mol. The Morgan fingerprint density at radius 2 is 1.89 bits per heavy atom. The van der Waals surface area contributed by atoms with E-state index in [9.17, 15) is 9.59 Å². The third-order valence-electron chi connectivity index (χ3n) is 4.35. The van der Waals surface area contributed by atoms with E-state index in [0.717, 1.165) is 23.3 Å². The predicted molar refractivity (Wildman–Crippen MR) is 109 cm³/mol. The summed E-state index contributed by atoms with van der Waals surface area (Å²) < 4.78 is 4.85. The first-order valence-corrected chi connectivity index (χ1v) is 10.2. The number of amides is 1. The van der Waals surface area contributed by atoms with E-state index in [4.69, 9.17) is 4.74 Å². The van der Waals surface area contributed by atoms with Gasteiger partial charge in [-0.3, -0.25) is 4.79 Å². The number of nitrogens with one attached hydrogen (secondary N) is 2. The molecule has 2 aromatic rings. The van der Waals surface area contributed by atoms with Crippen molar-refractivity contribution in [1.29, 1.82) is 0 Å². The van der Waals surface area contributed by atoms with Crippen molar-refractivity contribution < 1.29 is 14.3 Å². The van der Waals surface area contributed by atoms with E-state index in [1.165, 1.54) is 7.11 Å². The molecule has 0 aliphatic heterocycles. The summed E-state index contributed by atoms with van der Waals surface area (Å²) >= 11 is 1.65. The van der Waals surface area contributed by atoms with E-state index in [1.807, 2.05) is 47.8 Å². The summed E-state index contributed by atoms with van der Waals surface area (Å²) in [6, 6.07) is 12.9. The molecule has 0 fully saturated rings. The second-order valence-corrected chi connectivity index (χ2v) is 7.46. The first-order chi connectivity index (χ1) is 13.1. The van der Waals surface area contributed by atoms with Gasteiger partial charge in [-0.05, 0) is 29.9 Å². The second-order valence-electron chi connectivity index (χ2n) is 6.43. The summed E-state index contributed by atoms with van der Waals surface area (Å²) in [6.07, 6.45) is 2.94. The van der Waals surface area contributed by atoms with Gasteiger partial charge in [-0.2, -0.15) is 0 Å². The number of rotatable bonds is 11. The summed E-state index contributed by atoms with van der Waals surface area (Å²) in [5.41, 5.74) is 1.07. The Kier molecular flexibility index (Phi) is 9.01. The van der Waals surface area contributed by atoms with E-state index < -0.39 is 18.1 Å². The lowest BCUT2D eigenvalue weighted by Gasteiger charge is -2.22. The number of unbranched alkanes of at least 4 members (excludes halogenated alkanes) is 1. The number of carbonyl (C=O) groups excluding carboxylic acids is 2. The van der Waals surface area contributed by atoms with Crippen LogP contribution in [0.4, 0.5) is 0 Å². The second kappa shape index (κ2) is 11.5. The molecule has 6 heteroatoms. The molecular formula is C21H28N2O3S. The molecule has 27 heavy (non-hydrogen) atoms. The highest BCUT2D eigenvalue weighted by Gasteiger charge is 2.26. The minimum Gasteiger partial charge on any atom is -0.467 e. The number of hydrogen-bond acceptors (Lipinski definition) is 5. The normalized spacial score (nSPS) is 13.0. The third kappa shape index (κ3) is 7.15. The summed E-state index contributed by atoms with van der Waals surface area (Å²) in [7, 11) is 1.35. The van der Waals surface area contributed by atoms with Crippen LogP contribution in [0, 0.1) is 0 Å². The SMILES string of the molecule is CCCC[C@H](NC(=O)C(Cc1ccccc1)NCc1cccs1)C(=O)OC. The summed E-state index contributed by atoms with van der Waals surface area (Å²) in [4.78, 5) is 26.1. The lowest BCUT2D eigenvalue weighted by atomic mass is 10.0. The van der Waals surface area contributed by atoms with Gasteiger partial charge in [-0.15, -0.1) is 11.3 Å². The zero-order chi connectivity index (χ0) is 19.5. The van der Waals surface area contributed by atoms with Gasteiger partial charge < -0.3 is 15.4 Å². The van der Waals surface area contributed by atoms with Gasteiger partial charge in [0.1, 0.15) is 6.04 Å². The minimum absolute atomic E-state index is 0.179. The fraction of sp³-hybridized carbons (Fsp3) is 0.429. The first-order valence-electron chi connectivity index (χ1n) is 9.32. The van der Waals surface area contributed by atoms with Crippen LogP contribution in [-0.4, -0.2) is 31.1 Å². The van der Waals surface area contributed by atoms with Gasteiger partial charge in [0.2, 0.25) is 5.91 Å². The largest absolute Gasteiger partial charge is 0.467 e. The van der Waals surface area contributed by atoms with Gasteiger partial charge in [-0.25, -0.2) is 4.79 Å². The number of methoxy groups -OCH3 is 1. The average Bonchev–Trinajstić information content (AvgIpc) is 3.21. The molecule has 1 heterocycles. The molecule has 2 rings (SSSR count). The van der Waals surface area contributed by atoms with Crippen molar-refractivity contribution in [1.82, 2.24) is 10.6 Å². The zero-order valence-corrected chi connectivity index (χ0v) is 16.8. The van der Waals surface area contributed by atoms with E-state index in [1.54, 1.807) is 11.3 Å². The van der Waals surface area contributed by atoms with Crippen LogP contribution in [0.1, 0.15) is 36.6 Å². The van der Waals surface area contributed by atoms with Crippen molar-refractivity contribution >= 4 is 23.2 Å². The molecule has 2 N–H and O–H groups in total.